The van der Waals surface area contributed by atoms with Crippen LogP contribution in [0.5, 0.6) is 0 Å². The molecule has 6 nitrogen and oxygen atoms in total. The predicted molar refractivity (Wildman–Crippen MR) is 126 cm³/mol. The van der Waals surface area contributed by atoms with Gasteiger partial charge in [-0.1, -0.05) is 12.1 Å². The Labute approximate surface area is 191 Å². The van der Waals surface area contributed by atoms with Crippen LogP contribution < -0.4 is 5.32 Å². The first-order valence-electron chi connectivity index (χ1n) is 11.8. The van der Waals surface area contributed by atoms with E-state index in [4.69, 9.17) is 0 Å². The zero-order chi connectivity index (χ0) is 22.7. The molecule has 0 radical (unpaired) electrons. The minimum absolute atomic E-state index is 0.150. The topological polar surface area (TPSA) is 65.5 Å². The lowest BCUT2D eigenvalue weighted by Crippen LogP contribution is -2.45. The van der Waals surface area contributed by atoms with E-state index >= 15 is 0 Å². The molecular formula is C26H34N4O2. The number of anilines is 1. The van der Waals surface area contributed by atoms with Crippen LogP contribution in [0.3, 0.4) is 0 Å². The average Bonchev–Trinajstić information content (AvgIpc) is 3.12. The second-order valence-corrected chi connectivity index (χ2v) is 9.48. The highest BCUT2D eigenvalue weighted by Gasteiger charge is 2.36. The molecule has 2 aliphatic rings. The van der Waals surface area contributed by atoms with E-state index in [1.165, 1.54) is 0 Å². The van der Waals surface area contributed by atoms with Gasteiger partial charge in [-0.15, -0.1) is 0 Å². The van der Waals surface area contributed by atoms with Crippen molar-refractivity contribution in [1.29, 1.82) is 0 Å². The third-order valence-electron chi connectivity index (χ3n) is 6.87. The number of hydrogen-bond acceptors (Lipinski definition) is 4. The van der Waals surface area contributed by atoms with Crippen LogP contribution in [0.15, 0.2) is 42.7 Å². The molecule has 2 aliphatic heterocycles. The molecule has 3 heterocycles. The number of piperidine rings is 1. The Balaban J connectivity index is 1.31. The molecule has 2 aromatic rings. The van der Waals surface area contributed by atoms with Crippen molar-refractivity contribution in [1.82, 2.24) is 14.8 Å². The molecule has 2 unspecified atom stereocenters. The fourth-order valence-corrected chi connectivity index (χ4v) is 5.07. The minimum atomic E-state index is -0.150. The molecule has 4 rings (SSSR count). The van der Waals surface area contributed by atoms with Crippen LogP contribution in [0.4, 0.5) is 5.69 Å². The number of nitrogens with zero attached hydrogens (tertiary/aromatic N) is 3. The number of likely N-dealkylation sites (tertiary alicyclic amines) is 2. The van der Waals surface area contributed by atoms with E-state index in [1.807, 2.05) is 31.2 Å². The Bertz CT molecular complexity index is 958. The van der Waals surface area contributed by atoms with Crippen LogP contribution in [0.1, 0.15) is 61.0 Å². The number of aromatic nitrogens is 1. The van der Waals surface area contributed by atoms with Gasteiger partial charge in [0.1, 0.15) is 0 Å². The summed E-state index contributed by atoms with van der Waals surface area (Å²) in [7, 11) is 0. The SMILES string of the molecule is Cc1cncc(C(=O)Nc2cccc(CN3CCC(C(=O)N4C(C)CCC4C)CC3)c2)c1. The Kier molecular flexibility index (Phi) is 6.89. The zero-order valence-electron chi connectivity index (χ0n) is 19.4. The number of benzene rings is 1. The highest BCUT2D eigenvalue weighted by molar-refractivity contribution is 6.04. The van der Waals surface area contributed by atoms with Gasteiger partial charge in [-0.2, -0.15) is 0 Å². The highest BCUT2D eigenvalue weighted by atomic mass is 16.2. The Morgan fingerprint density at radius 3 is 2.44 bits per heavy atom. The van der Waals surface area contributed by atoms with E-state index in [2.05, 4.69) is 40.0 Å². The van der Waals surface area contributed by atoms with E-state index in [0.717, 1.165) is 62.1 Å². The van der Waals surface area contributed by atoms with Gasteiger partial charge < -0.3 is 10.2 Å². The largest absolute Gasteiger partial charge is 0.337 e. The van der Waals surface area contributed by atoms with E-state index < -0.39 is 0 Å². The molecular weight excluding hydrogens is 400 g/mol. The van der Waals surface area contributed by atoms with Gasteiger partial charge in [0.25, 0.3) is 5.91 Å². The summed E-state index contributed by atoms with van der Waals surface area (Å²) >= 11 is 0. The third-order valence-corrected chi connectivity index (χ3v) is 6.87. The number of carbonyl (C=O) groups is 2. The number of pyridine rings is 1. The lowest BCUT2D eigenvalue weighted by molar-refractivity contribution is -0.139. The van der Waals surface area contributed by atoms with E-state index in [0.29, 0.717) is 23.6 Å². The van der Waals surface area contributed by atoms with Gasteiger partial charge in [0.15, 0.2) is 0 Å². The van der Waals surface area contributed by atoms with Crippen molar-refractivity contribution in [2.45, 2.75) is 65.1 Å². The highest BCUT2D eigenvalue weighted by Crippen LogP contribution is 2.29. The maximum absolute atomic E-state index is 13.0. The summed E-state index contributed by atoms with van der Waals surface area (Å²) in [6.07, 6.45) is 7.41. The van der Waals surface area contributed by atoms with E-state index in [-0.39, 0.29) is 11.8 Å². The van der Waals surface area contributed by atoms with Crippen LogP contribution in [0.2, 0.25) is 0 Å². The number of amides is 2. The molecule has 32 heavy (non-hydrogen) atoms. The lowest BCUT2D eigenvalue weighted by atomic mass is 9.94. The molecule has 0 bridgehead atoms. The van der Waals surface area contributed by atoms with Gasteiger partial charge in [0.05, 0.1) is 5.56 Å². The van der Waals surface area contributed by atoms with Crippen LogP contribution in [-0.4, -0.2) is 51.8 Å². The van der Waals surface area contributed by atoms with Crippen molar-refractivity contribution < 1.29 is 9.59 Å². The van der Waals surface area contributed by atoms with Crippen LogP contribution in [0, 0.1) is 12.8 Å². The van der Waals surface area contributed by atoms with E-state index in [1.54, 1.807) is 12.4 Å². The second-order valence-electron chi connectivity index (χ2n) is 9.48. The average molecular weight is 435 g/mol. The third kappa shape index (κ3) is 5.18. The normalized spacial score (nSPS) is 22.2. The summed E-state index contributed by atoms with van der Waals surface area (Å²) in [5.41, 5.74) is 3.47. The molecule has 0 spiro atoms. The van der Waals surface area contributed by atoms with Gasteiger partial charge in [-0.3, -0.25) is 19.5 Å². The standard InChI is InChI=1S/C26H34N4O2/c1-18-13-23(16-27-15-18)25(31)28-24-6-4-5-21(14-24)17-29-11-9-22(10-12-29)26(32)30-19(2)7-8-20(30)3/h4-6,13-16,19-20,22H,7-12,17H2,1-3H3,(H,28,31). The van der Waals surface area contributed by atoms with Crippen LogP contribution in [-0.2, 0) is 11.3 Å². The summed E-state index contributed by atoms with van der Waals surface area (Å²) < 4.78 is 0. The fourth-order valence-electron chi connectivity index (χ4n) is 5.07. The van der Waals surface area contributed by atoms with Crippen molar-refractivity contribution in [3.8, 4) is 0 Å². The second kappa shape index (κ2) is 9.82. The molecule has 2 atom stereocenters. The Hall–Kier alpha value is -2.73. The van der Waals surface area contributed by atoms with Crippen molar-refractivity contribution in [3.63, 3.8) is 0 Å². The molecule has 2 amide bonds. The van der Waals surface area contributed by atoms with Gasteiger partial charge in [-0.25, -0.2) is 0 Å². The molecule has 6 heteroatoms. The molecule has 0 saturated carbocycles. The number of aryl methyl sites for hydroxylation is 1. The number of nitrogens with one attached hydrogen (secondary N) is 1. The van der Waals surface area contributed by atoms with Crippen molar-refractivity contribution in [3.05, 3.63) is 59.4 Å². The molecule has 1 aromatic heterocycles. The van der Waals surface area contributed by atoms with Crippen molar-refractivity contribution in [2.24, 2.45) is 5.92 Å². The summed E-state index contributed by atoms with van der Waals surface area (Å²) in [6, 6.07) is 10.6. The van der Waals surface area contributed by atoms with Gasteiger partial charge in [0, 0.05) is 42.6 Å². The fraction of sp³-hybridized carbons (Fsp3) is 0.500. The van der Waals surface area contributed by atoms with E-state index in [9.17, 15) is 9.59 Å². The molecule has 0 aliphatic carbocycles. The van der Waals surface area contributed by atoms with Crippen molar-refractivity contribution in [2.75, 3.05) is 18.4 Å². The van der Waals surface area contributed by atoms with Crippen molar-refractivity contribution >= 4 is 17.5 Å². The predicted octanol–water partition coefficient (Wildman–Crippen LogP) is 4.25. The van der Waals surface area contributed by atoms with Gasteiger partial charge >= 0.3 is 0 Å². The van der Waals surface area contributed by atoms with Gasteiger partial charge in [-0.05, 0) is 88.9 Å². The molecule has 1 aromatic carbocycles. The molecule has 2 saturated heterocycles. The number of carbonyl (C=O) groups excluding carboxylic acids is 2. The number of rotatable bonds is 5. The molecule has 170 valence electrons. The van der Waals surface area contributed by atoms with Crippen LogP contribution >= 0.6 is 0 Å². The lowest BCUT2D eigenvalue weighted by Gasteiger charge is -2.36. The first-order chi connectivity index (χ1) is 15.4. The summed E-state index contributed by atoms with van der Waals surface area (Å²) in [4.78, 5) is 34.2. The summed E-state index contributed by atoms with van der Waals surface area (Å²) in [5.74, 6) is 0.364. The minimum Gasteiger partial charge on any atom is -0.337 e. The first kappa shape index (κ1) is 22.5. The van der Waals surface area contributed by atoms with Gasteiger partial charge in [0.2, 0.25) is 5.91 Å². The zero-order valence-corrected chi connectivity index (χ0v) is 19.4. The maximum atomic E-state index is 13.0. The first-order valence-corrected chi connectivity index (χ1v) is 11.8. The molecule has 1 N–H and O–H groups in total. The monoisotopic (exact) mass is 434 g/mol. The quantitative estimate of drug-likeness (QED) is 0.764. The smallest absolute Gasteiger partial charge is 0.257 e. The maximum Gasteiger partial charge on any atom is 0.257 e. The van der Waals surface area contributed by atoms with Crippen LogP contribution in [0.25, 0.3) is 0 Å². The Morgan fingerprint density at radius 2 is 1.75 bits per heavy atom. The Morgan fingerprint density at radius 1 is 1.03 bits per heavy atom. The summed E-state index contributed by atoms with van der Waals surface area (Å²) in [5, 5.41) is 2.98. The summed E-state index contributed by atoms with van der Waals surface area (Å²) in [6.45, 7) is 8.97. The molecule has 2 fully saturated rings. The number of hydrogen-bond donors (Lipinski definition) is 1.